The maximum atomic E-state index is 10.6. The highest BCUT2D eigenvalue weighted by molar-refractivity contribution is 5.67. The largest absolute Gasteiger partial charge is 0.481 e. The van der Waals surface area contributed by atoms with Gasteiger partial charge in [-0.15, -0.1) is 0 Å². The second kappa shape index (κ2) is 38.2. The first-order valence-electron chi connectivity index (χ1n) is 17.9. The summed E-state index contributed by atoms with van der Waals surface area (Å²) in [4.78, 5) is 31.9. The fraction of sp³-hybridized carbons (Fsp3) is 0.912. The average molecular weight is 779 g/mol. The molecule has 8 N–H and O–H groups in total. The number of carboxylic acids is 3. The molecule has 0 aliphatic carbocycles. The van der Waals surface area contributed by atoms with Crippen molar-refractivity contribution in [3.63, 3.8) is 0 Å². The van der Waals surface area contributed by atoms with Crippen molar-refractivity contribution in [3.8, 4) is 0 Å². The van der Waals surface area contributed by atoms with Crippen LogP contribution in [0.5, 0.6) is 0 Å². The highest BCUT2D eigenvalue weighted by Gasteiger charge is 2.34. The summed E-state index contributed by atoms with van der Waals surface area (Å²) >= 11 is 0. The molecule has 0 unspecified atom stereocenters. The molecule has 0 aliphatic rings. The van der Waals surface area contributed by atoms with Crippen LogP contribution in [0.1, 0.15) is 51.4 Å². The molecule has 0 rings (SSSR count). The van der Waals surface area contributed by atoms with E-state index in [2.05, 4.69) is 0 Å². The van der Waals surface area contributed by atoms with Crippen LogP contribution in [0.25, 0.3) is 0 Å². The monoisotopic (exact) mass is 778 g/mol. The summed E-state index contributed by atoms with van der Waals surface area (Å²) in [6.45, 7) is 3.46. The maximum Gasteiger partial charge on any atom is 0.305 e. The van der Waals surface area contributed by atoms with Gasteiger partial charge < -0.3 is 78.7 Å². The predicted octanol–water partition coefficient (Wildman–Crippen LogP) is -0.585. The van der Waals surface area contributed by atoms with Crippen LogP contribution in [-0.2, 0) is 52.3 Å². The van der Waals surface area contributed by atoms with Crippen LogP contribution in [0.15, 0.2) is 0 Å². The minimum Gasteiger partial charge on any atom is -0.481 e. The number of aliphatic hydroxyl groups is 5. The average Bonchev–Trinajstić information content (AvgIpc) is 3.13. The second-order valence-electron chi connectivity index (χ2n) is 12.2. The third-order valence-corrected chi connectivity index (χ3v) is 6.88. The van der Waals surface area contributed by atoms with Crippen molar-refractivity contribution in [1.29, 1.82) is 0 Å². The molecule has 0 aromatic rings. The fourth-order valence-electron chi connectivity index (χ4n) is 4.12. The Kier molecular flexibility index (Phi) is 38.2. The zero-order valence-corrected chi connectivity index (χ0v) is 31.1. The standard InChI is InChI=1S/C17H32O10.C17H34O9/c18-5-1-7-24-11-17(12-25-8-2-6-19,13-26-9-3-15(20)21)14-27-10-4-16(22)23;18-5-1-8-23-12-17(13-24-9-2-6-19,14-25-10-3-7-20)15-26-11-4-16(21)22/h18-19H,1-14H2,(H,20,21)(H,22,23);18-20H,1-15H2,(H,21,22). The number of aliphatic carboxylic acids is 3. The van der Waals surface area contributed by atoms with Gasteiger partial charge in [-0.1, -0.05) is 0 Å². The number of carbonyl (C=O) groups is 3. The summed E-state index contributed by atoms with van der Waals surface area (Å²) < 4.78 is 44.4. The summed E-state index contributed by atoms with van der Waals surface area (Å²) in [7, 11) is 0. The van der Waals surface area contributed by atoms with Gasteiger partial charge in [0.05, 0.1) is 103 Å². The van der Waals surface area contributed by atoms with Gasteiger partial charge in [-0.25, -0.2) is 0 Å². The van der Waals surface area contributed by atoms with Gasteiger partial charge in [-0.2, -0.15) is 0 Å². The van der Waals surface area contributed by atoms with E-state index in [0.717, 1.165) is 0 Å². The lowest BCUT2D eigenvalue weighted by Crippen LogP contribution is -2.42. The first-order chi connectivity index (χ1) is 25.6. The lowest BCUT2D eigenvalue weighted by atomic mass is 9.92. The van der Waals surface area contributed by atoms with Gasteiger partial charge in [0, 0.05) is 66.1 Å². The first-order valence-corrected chi connectivity index (χ1v) is 17.9. The molecule has 0 saturated heterocycles. The SMILES string of the molecule is O=C(O)CCOCC(COCCCO)(COCCCO)COCCC(=O)O.O=C(O)CCOCC(COCCCO)(COCCCO)COCCCO. The Hall–Kier alpha value is -2.11. The molecule has 0 aromatic heterocycles. The van der Waals surface area contributed by atoms with Gasteiger partial charge in [-0.3, -0.25) is 14.4 Å². The fourth-order valence-corrected chi connectivity index (χ4v) is 4.12. The van der Waals surface area contributed by atoms with E-state index in [1.54, 1.807) is 0 Å². The number of aliphatic hydroxyl groups excluding tert-OH is 5. The molecule has 0 aromatic carbocycles. The molecule has 0 bridgehead atoms. The zero-order valence-electron chi connectivity index (χ0n) is 31.1. The third kappa shape index (κ3) is 35.4. The van der Waals surface area contributed by atoms with Crippen molar-refractivity contribution in [2.24, 2.45) is 10.8 Å². The van der Waals surface area contributed by atoms with Gasteiger partial charge >= 0.3 is 17.9 Å². The van der Waals surface area contributed by atoms with E-state index in [9.17, 15) is 14.4 Å². The van der Waals surface area contributed by atoms with Crippen LogP contribution >= 0.6 is 0 Å². The van der Waals surface area contributed by atoms with Crippen LogP contribution in [0, 0.1) is 10.8 Å². The Morgan fingerprint density at radius 1 is 0.321 bits per heavy atom. The van der Waals surface area contributed by atoms with Gasteiger partial charge in [0.1, 0.15) is 0 Å². The summed E-state index contributed by atoms with van der Waals surface area (Å²) in [6.07, 6.45) is 2.05. The molecule has 316 valence electrons. The summed E-state index contributed by atoms with van der Waals surface area (Å²) in [6, 6.07) is 0. The zero-order chi connectivity index (χ0) is 39.9. The van der Waals surface area contributed by atoms with Crippen LogP contribution in [-0.4, -0.2) is 198 Å². The molecular formula is C34H66O19. The van der Waals surface area contributed by atoms with E-state index < -0.39 is 28.7 Å². The Morgan fingerprint density at radius 3 is 0.642 bits per heavy atom. The maximum absolute atomic E-state index is 10.6. The summed E-state index contributed by atoms with van der Waals surface area (Å²) in [5, 5.41) is 70.5. The molecule has 0 atom stereocenters. The molecule has 0 aliphatic heterocycles. The number of ether oxygens (including phenoxy) is 8. The van der Waals surface area contributed by atoms with Crippen LogP contribution in [0.2, 0.25) is 0 Å². The minimum absolute atomic E-state index is 0.00970. The molecule has 19 heteroatoms. The number of hydrogen-bond donors (Lipinski definition) is 8. The first kappa shape index (κ1) is 53.0. The third-order valence-electron chi connectivity index (χ3n) is 6.88. The van der Waals surface area contributed by atoms with Crippen LogP contribution in [0.3, 0.4) is 0 Å². The van der Waals surface area contributed by atoms with Gasteiger partial charge in [0.15, 0.2) is 0 Å². The molecule has 19 nitrogen and oxygen atoms in total. The van der Waals surface area contributed by atoms with Crippen molar-refractivity contribution >= 4 is 17.9 Å². The van der Waals surface area contributed by atoms with E-state index >= 15 is 0 Å². The van der Waals surface area contributed by atoms with Crippen LogP contribution < -0.4 is 0 Å². The molecule has 53 heavy (non-hydrogen) atoms. The highest BCUT2D eigenvalue weighted by atomic mass is 16.5. The molecule has 0 amide bonds. The topological polar surface area (TPSA) is 287 Å². The number of rotatable bonds is 40. The van der Waals surface area contributed by atoms with E-state index in [0.29, 0.717) is 65.1 Å². The molecule has 0 radical (unpaired) electrons. The normalized spacial score (nSPS) is 11.7. The second-order valence-corrected chi connectivity index (χ2v) is 12.2. The van der Waals surface area contributed by atoms with Gasteiger partial charge in [0.2, 0.25) is 0 Å². The van der Waals surface area contributed by atoms with E-state index in [-0.39, 0.29) is 125 Å². The van der Waals surface area contributed by atoms with E-state index in [4.69, 9.17) is 78.7 Å². The number of hydrogen-bond acceptors (Lipinski definition) is 16. The number of carboxylic acid groups (broad SMARTS) is 3. The lowest BCUT2D eigenvalue weighted by molar-refractivity contribution is -0.142. The van der Waals surface area contributed by atoms with Crippen molar-refractivity contribution < 1.29 is 93.1 Å². The van der Waals surface area contributed by atoms with Crippen molar-refractivity contribution in [1.82, 2.24) is 0 Å². The lowest BCUT2D eigenvalue weighted by Gasteiger charge is -2.33. The highest BCUT2D eigenvalue weighted by Crippen LogP contribution is 2.23. The van der Waals surface area contributed by atoms with E-state index in [1.807, 2.05) is 0 Å². The summed E-state index contributed by atoms with van der Waals surface area (Å²) in [5.74, 6) is -2.89. The van der Waals surface area contributed by atoms with Gasteiger partial charge in [0.25, 0.3) is 0 Å². The smallest absolute Gasteiger partial charge is 0.305 e. The summed E-state index contributed by atoms with van der Waals surface area (Å²) in [5.41, 5.74) is -1.40. The van der Waals surface area contributed by atoms with Gasteiger partial charge in [-0.05, 0) is 32.1 Å². The quantitative estimate of drug-likeness (QED) is 0.0361. The van der Waals surface area contributed by atoms with Crippen molar-refractivity contribution in [3.05, 3.63) is 0 Å². The van der Waals surface area contributed by atoms with Crippen LogP contribution in [0.4, 0.5) is 0 Å². The van der Waals surface area contributed by atoms with Crippen molar-refractivity contribution in [2.45, 2.75) is 51.4 Å². The predicted molar refractivity (Wildman–Crippen MR) is 187 cm³/mol. The molecule has 0 fully saturated rings. The molecule has 0 heterocycles. The molecular weight excluding hydrogens is 712 g/mol. The Balaban J connectivity index is 0. The Bertz CT molecular complexity index is 779. The van der Waals surface area contributed by atoms with Crippen molar-refractivity contribution in [2.75, 3.05) is 139 Å². The Morgan fingerprint density at radius 2 is 0.491 bits per heavy atom. The molecule has 0 spiro atoms. The Labute approximate surface area is 312 Å². The minimum atomic E-state index is -0.975. The van der Waals surface area contributed by atoms with E-state index in [1.165, 1.54) is 0 Å². The molecule has 0 saturated carbocycles.